The van der Waals surface area contributed by atoms with E-state index in [1.54, 1.807) is 6.20 Å². The Balaban J connectivity index is 0.00000896. The summed E-state index contributed by atoms with van der Waals surface area (Å²) >= 11 is 0. The predicted octanol–water partition coefficient (Wildman–Crippen LogP) is 19.5. The number of fused-ring (bicyclic) bond motifs is 10. The zero-order valence-electron chi connectivity index (χ0n) is 63.2. The Morgan fingerprint density at radius 3 is 1.53 bits per heavy atom. The molecule has 1 aromatic heterocycles. The quantitative estimate of drug-likeness (QED) is 0.112. The summed E-state index contributed by atoms with van der Waals surface area (Å²) in [5.74, 6) is 1.34. The first-order valence-corrected chi connectivity index (χ1v) is 32.6. The van der Waals surface area contributed by atoms with Gasteiger partial charge in [-0.1, -0.05) is 252 Å². The number of aryl methyl sites for hydroxylation is 1. The van der Waals surface area contributed by atoms with E-state index in [0.717, 1.165) is 55.4 Å². The van der Waals surface area contributed by atoms with Crippen LogP contribution in [0, 0.1) is 25.7 Å². The average Bonchev–Trinajstić information content (AvgIpc) is 1.46. The second kappa shape index (κ2) is 22.4. The molecule has 0 atom stereocenters. The van der Waals surface area contributed by atoms with Crippen LogP contribution in [-0.2, 0) is 42.7 Å². The van der Waals surface area contributed by atoms with Crippen LogP contribution in [0.2, 0.25) is 0 Å². The number of nitrogens with zero attached hydrogens (tertiary/aromatic N) is 4. The molecule has 0 saturated heterocycles. The van der Waals surface area contributed by atoms with Gasteiger partial charge in [0.25, 0.3) is 0 Å². The number of para-hydroxylation sites is 4. The van der Waals surface area contributed by atoms with Crippen molar-refractivity contribution in [1.29, 1.82) is 0 Å². The molecule has 3 aliphatic heterocycles. The van der Waals surface area contributed by atoms with Gasteiger partial charge in [0.05, 0.1) is 13.7 Å². The largest absolute Gasteiger partial charge is 0.509 e. The fourth-order valence-corrected chi connectivity index (χ4v) is 18.6. The van der Waals surface area contributed by atoms with Crippen molar-refractivity contribution in [2.75, 3.05) is 14.7 Å². The number of hydrogen-bond donors (Lipinski definition) is 0. The van der Waals surface area contributed by atoms with Gasteiger partial charge in [-0.25, -0.2) is 4.98 Å². The Morgan fingerprint density at radius 1 is 0.444 bits per heavy atom. The summed E-state index contributed by atoms with van der Waals surface area (Å²) in [5, 5.41) is 4.76. The molecule has 4 heterocycles. The van der Waals surface area contributed by atoms with E-state index in [-0.39, 0.29) is 78.0 Å². The van der Waals surface area contributed by atoms with Crippen molar-refractivity contribution < 1.29 is 39.5 Å². The summed E-state index contributed by atoms with van der Waals surface area (Å²) in [6.45, 7) is 30.6. The Hall–Kier alpha value is -8.54. The Kier molecular flexibility index (Phi) is 12.3. The van der Waals surface area contributed by atoms with E-state index in [2.05, 4.69) is 184 Å². The zero-order chi connectivity index (χ0) is 70.6. The molecule has 10 aromatic carbocycles. The fraction of sp³-hybridized carbons (Fsp3) is 0.205. The maximum absolute atomic E-state index is 9.38. The number of anilines is 7. The number of hydrogen-bond acceptors (Lipinski definition) is 5. The molecule has 0 radical (unpaired) electrons. The van der Waals surface area contributed by atoms with Gasteiger partial charge in [-0.3, -0.25) is 0 Å². The average molecular weight is 1380 g/mol. The second-order valence-electron chi connectivity index (χ2n) is 27.9. The van der Waals surface area contributed by atoms with Crippen LogP contribution in [0.4, 0.5) is 39.9 Å². The van der Waals surface area contributed by atoms with E-state index in [1.807, 2.05) is 97.4 Å². The number of rotatable bonds is 8. The zero-order valence-corrected chi connectivity index (χ0v) is 56.5. The number of benzene rings is 10. The van der Waals surface area contributed by atoms with Crippen molar-refractivity contribution >= 4 is 68.8 Å². The molecule has 1 spiro atoms. The van der Waals surface area contributed by atoms with Crippen molar-refractivity contribution in [2.45, 2.75) is 112 Å². The second-order valence-corrected chi connectivity index (χ2v) is 31.6. The standard InChI is InChI=1S/C83H77N4OSi.Pt/c1-54-44-78(84-52-69(54)56-28-18-15-19-29-56)87-72-36-22-23-37-76(72)89(74-41-38-58(80(2,3)4)48-67(74)68-49-59(81(5,6)7)39-42-75(68)89)77-43-40-64(51-73(77)87)88-63-31-24-30-62(50-63)85-53-86(71-35-21-20-34-70(71)85)79-65(55-26-16-14-17-27-55)32-25-33-66(79)57-45-60(82(8,9)10)47-61(46-57)83(11,12)13;/h14-49,52-53H,1-13H3;/q-3;/i14D,15D,16D,17D,18D,19D,26D,27D,28D,29D;. The minimum absolute atomic E-state index is 0. The van der Waals surface area contributed by atoms with E-state index in [4.69, 9.17) is 20.7 Å². The topological polar surface area (TPSA) is 31.8 Å². The van der Waals surface area contributed by atoms with Crippen LogP contribution in [0.25, 0.3) is 44.5 Å². The fourth-order valence-electron chi connectivity index (χ4n) is 13.2. The molecular weight excluding hydrogens is 1290 g/mol. The summed E-state index contributed by atoms with van der Waals surface area (Å²) in [5.41, 5.74) is 14.4. The van der Waals surface area contributed by atoms with E-state index >= 15 is 0 Å². The van der Waals surface area contributed by atoms with Crippen LogP contribution in [0.1, 0.15) is 125 Å². The van der Waals surface area contributed by atoms with Crippen LogP contribution in [0.3, 0.4) is 0 Å². The molecule has 0 bridgehead atoms. The van der Waals surface area contributed by atoms with Crippen molar-refractivity contribution in [3.8, 4) is 56.0 Å². The van der Waals surface area contributed by atoms with Gasteiger partial charge in [0.1, 0.15) is 13.9 Å². The van der Waals surface area contributed by atoms with Gasteiger partial charge < -0.3 is 19.4 Å². The maximum atomic E-state index is 9.38. The monoisotopic (exact) mass is 1380 g/mol. The molecular formula is C83H77N4OPtSi-3. The minimum Gasteiger partial charge on any atom is -0.509 e. The molecule has 0 saturated carbocycles. The van der Waals surface area contributed by atoms with Gasteiger partial charge >= 0.3 is 0 Å². The first kappa shape index (κ1) is 49.3. The normalized spacial score (nSPS) is 15.5. The summed E-state index contributed by atoms with van der Waals surface area (Å²) in [6, 6.07) is 58.8. The van der Waals surface area contributed by atoms with Gasteiger partial charge in [0, 0.05) is 78.2 Å². The molecule has 0 amide bonds. The van der Waals surface area contributed by atoms with E-state index in [9.17, 15) is 2.74 Å². The molecule has 14 rings (SSSR count). The van der Waals surface area contributed by atoms with Crippen LogP contribution < -0.4 is 40.2 Å². The van der Waals surface area contributed by atoms with E-state index < -0.39 is 44.3 Å². The summed E-state index contributed by atoms with van der Waals surface area (Å²) < 4.78 is 95.6. The molecule has 0 unspecified atom stereocenters. The minimum atomic E-state index is -3.29. The Bertz CT molecular complexity index is 5070. The summed E-state index contributed by atoms with van der Waals surface area (Å²) in [6.07, 6.45) is 1.61. The third kappa shape index (κ3) is 10.3. The Morgan fingerprint density at radius 2 is 0.956 bits per heavy atom. The third-order valence-corrected chi connectivity index (χ3v) is 22.9. The molecule has 7 heteroatoms. The molecule has 3 aliphatic rings. The Labute approximate surface area is 563 Å². The van der Waals surface area contributed by atoms with Crippen molar-refractivity contribution in [2.24, 2.45) is 0 Å². The third-order valence-electron chi connectivity index (χ3n) is 17.9. The molecule has 452 valence electrons. The van der Waals surface area contributed by atoms with Gasteiger partial charge in [-0.05, 0) is 124 Å². The summed E-state index contributed by atoms with van der Waals surface area (Å²) in [7, 11) is -3.29. The van der Waals surface area contributed by atoms with Gasteiger partial charge in [-0.2, -0.15) is 12.1 Å². The molecule has 0 fully saturated rings. The first-order chi connectivity index (χ1) is 46.7. The van der Waals surface area contributed by atoms with Crippen LogP contribution in [0.15, 0.2) is 224 Å². The van der Waals surface area contributed by atoms with Crippen molar-refractivity contribution in [3.05, 3.63) is 271 Å². The van der Waals surface area contributed by atoms with Crippen LogP contribution in [-0.4, -0.2) is 13.1 Å². The smallest absolute Gasteiger partial charge is 0.135 e. The van der Waals surface area contributed by atoms with Gasteiger partial charge in [0.15, 0.2) is 0 Å². The van der Waals surface area contributed by atoms with E-state index in [0.29, 0.717) is 45.4 Å². The van der Waals surface area contributed by atoms with Crippen molar-refractivity contribution in [1.82, 2.24) is 4.98 Å². The van der Waals surface area contributed by atoms with Crippen LogP contribution >= 0.6 is 0 Å². The maximum Gasteiger partial charge on any atom is 0.135 e. The number of ether oxygens (including phenoxy) is 1. The van der Waals surface area contributed by atoms with Gasteiger partial charge in [-0.15, -0.1) is 47.9 Å². The molecule has 90 heavy (non-hydrogen) atoms. The van der Waals surface area contributed by atoms with Gasteiger partial charge in [0.2, 0.25) is 0 Å². The number of pyridine rings is 1. The first-order valence-electron chi connectivity index (χ1n) is 35.6. The predicted molar refractivity (Wildman–Crippen MR) is 377 cm³/mol. The molecule has 5 nitrogen and oxygen atoms in total. The SMILES string of the molecule is [2H]c1c([2H])c([2H])c(-c2cnc(N3c4[c-]c(Oc5[c-]c(N6[CH-]N(c7c(-c8cc(C(C)(C)C)cc(C(C)(C)C)c8)cccc7-c7c([2H])c([2H])c([2H])c([2H])c7[2H])c7ccccc76)ccc5)ccc4[Si]4(c5ccc(C(C)(C)C)cc5-c5cc(C(C)(C)C)ccc54)c4ccccc43)cc2C)c([2H])c1[2H].[Pt]. The summed E-state index contributed by atoms with van der Waals surface area (Å²) in [4.78, 5) is 11.4. The van der Waals surface area contributed by atoms with E-state index in [1.165, 1.54) is 32.6 Å². The molecule has 11 aromatic rings. The molecule has 0 aliphatic carbocycles. The molecule has 0 N–H and O–H groups in total. The van der Waals surface area contributed by atoms with Crippen molar-refractivity contribution in [3.63, 3.8) is 0 Å². The number of aromatic nitrogens is 1. The van der Waals surface area contributed by atoms with Crippen LogP contribution in [0.5, 0.6) is 11.5 Å².